The lowest BCUT2D eigenvalue weighted by atomic mass is 9.83. The highest BCUT2D eigenvalue weighted by atomic mass is 16.5. The zero-order valence-corrected chi connectivity index (χ0v) is 13.1. The van der Waals surface area contributed by atoms with E-state index in [0.29, 0.717) is 6.04 Å². The monoisotopic (exact) mass is 288 g/mol. The standard InChI is InChI=1S/C16H24N4O/c1-4-11-9-17-14-13(11)15(19-10-18-14)20-12-5-7-16(2,21-3)8-6-12/h9-10,12H,4-8H2,1-3H3,(H2,17,18,19,20). The molecule has 2 heterocycles. The van der Waals surface area contributed by atoms with Crippen LogP contribution in [0.15, 0.2) is 12.5 Å². The molecule has 0 spiro atoms. The molecule has 0 amide bonds. The first-order valence-electron chi connectivity index (χ1n) is 7.78. The minimum Gasteiger partial charge on any atom is -0.379 e. The summed E-state index contributed by atoms with van der Waals surface area (Å²) >= 11 is 0. The van der Waals surface area contributed by atoms with E-state index in [1.165, 1.54) is 5.56 Å². The largest absolute Gasteiger partial charge is 0.379 e. The van der Waals surface area contributed by atoms with Gasteiger partial charge in [0.05, 0.1) is 11.0 Å². The van der Waals surface area contributed by atoms with E-state index in [9.17, 15) is 0 Å². The first-order valence-corrected chi connectivity index (χ1v) is 7.78. The molecule has 21 heavy (non-hydrogen) atoms. The summed E-state index contributed by atoms with van der Waals surface area (Å²) in [6.07, 6.45) is 9.04. The molecule has 0 unspecified atom stereocenters. The Morgan fingerprint density at radius 2 is 2.14 bits per heavy atom. The quantitative estimate of drug-likeness (QED) is 0.906. The molecule has 5 heteroatoms. The number of aromatic nitrogens is 3. The van der Waals surface area contributed by atoms with Crippen LogP contribution in [0, 0.1) is 0 Å². The van der Waals surface area contributed by atoms with Gasteiger partial charge in [-0.2, -0.15) is 0 Å². The molecule has 0 radical (unpaired) electrons. The lowest BCUT2D eigenvalue weighted by Crippen LogP contribution is -2.37. The van der Waals surface area contributed by atoms with E-state index in [1.807, 2.05) is 13.3 Å². The molecule has 3 rings (SSSR count). The van der Waals surface area contributed by atoms with Crippen LogP contribution in [0.5, 0.6) is 0 Å². The number of fused-ring (bicyclic) bond motifs is 1. The number of nitrogens with one attached hydrogen (secondary N) is 2. The molecule has 0 bridgehead atoms. The fourth-order valence-electron chi connectivity index (χ4n) is 3.19. The van der Waals surface area contributed by atoms with Gasteiger partial charge >= 0.3 is 0 Å². The van der Waals surface area contributed by atoms with E-state index >= 15 is 0 Å². The summed E-state index contributed by atoms with van der Waals surface area (Å²) < 4.78 is 5.61. The third-order valence-corrected chi connectivity index (χ3v) is 4.81. The fourth-order valence-corrected chi connectivity index (χ4v) is 3.19. The number of rotatable bonds is 4. The van der Waals surface area contributed by atoms with Gasteiger partial charge in [0, 0.05) is 19.3 Å². The van der Waals surface area contributed by atoms with E-state index in [1.54, 1.807) is 6.33 Å². The Labute approximate surface area is 125 Å². The molecule has 0 saturated heterocycles. The van der Waals surface area contributed by atoms with Gasteiger partial charge in [-0.15, -0.1) is 0 Å². The Hall–Kier alpha value is -1.62. The summed E-state index contributed by atoms with van der Waals surface area (Å²) in [6, 6.07) is 0.464. The Balaban J connectivity index is 1.78. The highest BCUT2D eigenvalue weighted by Crippen LogP contribution is 2.33. The lowest BCUT2D eigenvalue weighted by Gasteiger charge is -2.36. The van der Waals surface area contributed by atoms with Crippen molar-refractivity contribution in [2.45, 2.75) is 57.6 Å². The third kappa shape index (κ3) is 2.75. The van der Waals surface area contributed by atoms with Crippen molar-refractivity contribution >= 4 is 16.9 Å². The van der Waals surface area contributed by atoms with Crippen molar-refractivity contribution in [2.75, 3.05) is 12.4 Å². The van der Waals surface area contributed by atoms with Gasteiger partial charge in [0.1, 0.15) is 17.8 Å². The number of aromatic amines is 1. The number of aryl methyl sites for hydroxylation is 1. The number of methoxy groups -OCH3 is 1. The SMILES string of the molecule is CCc1c[nH]c2ncnc(NC3CCC(C)(OC)CC3)c12. The molecule has 2 aromatic heterocycles. The van der Waals surface area contributed by atoms with Gasteiger partial charge in [-0.05, 0) is 44.6 Å². The molecule has 2 N–H and O–H groups in total. The smallest absolute Gasteiger partial charge is 0.143 e. The predicted octanol–water partition coefficient (Wildman–Crippen LogP) is 3.28. The summed E-state index contributed by atoms with van der Waals surface area (Å²) in [7, 11) is 1.81. The highest BCUT2D eigenvalue weighted by Gasteiger charge is 2.31. The number of hydrogen-bond donors (Lipinski definition) is 2. The van der Waals surface area contributed by atoms with Crippen molar-refractivity contribution in [3.8, 4) is 0 Å². The van der Waals surface area contributed by atoms with Crippen LogP contribution in [-0.4, -0.2) is 33.7 Å². The van der Waals surface area contributed by atoms with Gasteiger partial charge in [-0.1, -0.05) is 6.92 Å². The van der Waals surface area contributed by atoms with E-state index < -0.39 is 0 Å². The van der Waals surface area contributed by atoms with Gasteiger partial charge in [-0.3, -0.25) is 0 Å². The second kappa shape index (κ2) is 5.64. The molecule has 1 aliphatic carbocycles. The average molecular weight is 288 g/mol. The third-order valence-electron chi connectivity index (χ3n) is 4.81. The van der Waals surface area contributed by atoms with Crippen molar-refractivity contribution in [3.63, 3.8) is 0 Å². The van der Waals surface area contributed by atoms with Crippen molar-refractivity contribution in [3.05, 3.63) is 18.1 Å². The summed E-state index contributed by atoms with van der Waals surface area (Å²) in [4.78, 5) is 12.0. The van der Waals surface area contributed by atoms with Crippen molar-refractivity contribution < 1.29 is 4.74 Å². The van der Waals surface area contributed by atoms with Crippen LogP contribution in [0.4, 0.5) is 5.82 Å². The van der Waals surface area contributed by atoms with Gasteiger partial charge in [-0.25, -0.2) is 9.97 Å². The van der Waals surface area contributed by atoms with Crippen molar-refractivity contribution in [2.24, 2.45) is 0 Å². The Kier molecular flexibility index (Phi) is 3.85. The lowest BCUT2D eigenvalue weighted by molar-refractivity contribution is -0.0252. The maximum absolute atomic E-state index is 5.61. The fraction of sp³-hybridized carbons (Fsp3) is 0.625. The molecular weight excluding hydrogens is 264 g/mol. The Morgan fingerprint density at radius 3 is 2.81 bits per heavy atom. The zero-order chi connectivity index (χ0) is 14.9. The van der Waals surface area contributed by atoms with E-state index in [0.717, 1.165) is 49.0 Å². The predicted molar refractivity (Wildman–Crippen MR) is 84.6 cm³/mol. The van der Waals surface area contributed by atoms with Crippen LogP contribution in [0.3, 0.4) is 0 Å². The number of hydrogen-bond acceptors (Lipinski definition) is 4. The Morgan fingerprint density at radius 1 is 1.38 bits per heavy atom. The molecule has 5 nitrogen and oxygen atoms in total. The number of ether oxygens (including phenoxy) is 1. The highest BCUT2D eigenvalue weighted by molar-refractivity contribution is 5.90. The average Bonchev–Trinajstić information content (AvgIpc) is 2.94. The second-order valence-electron chi connectivity index (χ2n) is 6.19. The first-order chi connectivity index (χ1) is 10.1. The second-order valence-corrected chi connectivity index (χ2v) is 6.19. The van der Waals surface area contributed by atoms with Gasteiger partial charge in [0.25, 0.3) is 0 Å². The molecule has 1 saturated carbocycles. The molecule has 0 aromatic carbocycles. The van der Waals surface area contributed by atoms with E-state index in [4.69, 9.17) is 4.74 Å². The van der Waals surface area contributed by atoms with Gasteiger partial charge < -0.3 is 15.0 Å². The van der Waals surface area contributed by atoms with Crippen LogP contribution in [0.2, 0.25) is 0 Å². The molecular formula is C16H24N4O. The van der Waals surface area contributed by atoms with Crippen LogP contribution in [-0.2, 0) is 11.2 Å². The number of anilines is 1. The summed E-state index contributed by atoms with van der Waals surface area (Å²) in [6.45, 7) is 4.36. The minimum absolute atomic E-state index is 0.0435. The minimum atomic E-state index is 0.0435. The van der Waals surface area contributed by atoms with Crippen LogP contribution in [0.25, 0.3) is 11.0 Å². The zero-order valence-electron chi connectivity index (χ0n) is 13.1. The molecule has 0 aliphatic heterocycles. The topological polar surface area (TPSA) is 62.8 Å². The maximum Gasteiger partial charge on any atom is 0.143 e. The number of nitrogens with zero attached hydrogens (tertiary/aromatic N) is 2. The normalized spacial score (nSPS) is 26.1. The van der Waals surface area contributed by atoms with Crippen LogP contribution >= 0.6 is 0 Å². The van der Waals surface area contributed by atoms with Crippen LogP contribution in [0.1, 0.15) is 45.1 Å². The van der Waals surface area contributed by atoms with E-state index in [2.05, 4.69) is 34.1 Å². The molecule has 1 aliphatic rings. The summed E-state index contributed by atoms with van der Waals surface area (Å²) in [5.74, 6) is 0.962. The van der Waals surface area contributed by atoms with Gasteiger partial charge in [0.15, 0.2) is 0 Å². The van der Waals surface area contributed by atoms with E-state index in [-0.39, 0.29) is 5.60 Å². The number of H-pyrrole nitrogens is 1. The molecule has 1 fully saturated rings. The first kappa shape index (κ1) is 14.3. The van der Waals surface area contributed by atoms with Crippen molar-refractivity contribution in [1.29, 1.82) is 0 Å². The van der Waals surface area contributed by atoms with Crippen LogP contribution < -0.4 is 5.32 Å². The molecule has 114 valence electrons. The van der Waals surface area contributed by atoms with Crippen molar-refractivity contribution in [1.82, 2.24) is 15.0 Å². The van der Waals surface area contributed by atoms with Gasteiger partial charge in [0.2, 0.25) is 0 Å². The summed E-state index contributed by atoms with van der Waals surface area (Å²) in [5.41, 5.74) is 2.23. The summed E-state index contributed by atoms with van der Waals surface area (Å²) in [5, 5.41) is 4.76. The molecule has 0 atom stereocenters. The molecule has 2 aromatic rings. The maximum atomic E-state index is 5.61. The Bertz CT molecular complexity index is 614.